The summed E-state index contributed by atoms with van der Waals surface area (Å²) < 4.78 is 0. The summed E-state index contributed by atoms with van der Waals surface area (Å²) in [7, 11) is 0. The molecule has 3 rings (SSSR count). The van der Waals surface area contributed by atoms with Gasteiger partial charge in [0.05, 0.1) is 11.6 Å². The van der Waals surface area contributed by atoms with Crippen molar-refractivity contribution in [2.75, 3.05) is 16.0 Å². The van der Waals surface area contributed by atoms with Crippen LogP contribution in [0.25, 0.3) is 0 Å². The number of anilines is 4. The molecule has 0 radical (unpaired) electrons. The molecule has 2 aromatic carbocycles. The summed E-state index contributed by atoms with van der Waals surface area (Å²) >= 11 is 0. The van der Waals surface area contributed by atoms with Crippen LogP contribution in [0.1, 0.15) is 23.0 Å². The Hall–Kier alpha value is -4.25. The highest BCUT2D eigenvalue weighted by Gasteiger charge is 2.10. The summed E-state index contributed by atoms with van der Waals surface area (Å²) in [5.41, 5.74) is 2.45. The van der Waals surface area contributed by atoms with Gasteiger partial charge in [0.2, 0.25) is 5.91 Å². The molecule has 2 amide bonds. The number of nitriles is 1. The molecule has 0 saturated carbocycles. The third-order valence-electron chi connectivity index (χ3n) is 3.60. The molecule has 8 nitrogen and oxygen atoms in total. The molecule has 28 heavy (non-hydrogen) atoms. The lowest BCUT2D eigenvalue weighted by atomic mass is 10.2. The van der Waals surface area contributed by atoms with Gasteiger partial charge < -0.3 is 16.0 Å². The van der Waals surface area contributed by atoms with Gasteiger partial charge in [-0.25, -0.2) is 9.97 Å². The van der Waals surface area contributed by atoms with Crippen LogP contribution in [0, 0.1) is 11.3 Å². The maximum Gasteiger partial charge on any atom is 0.274 e. The summed E-state index contributed by atoms with van der Waals surface area (Å²) in [4.78, 5) is 31.7. The van der Waals surface area contributed by atoms with E-state index in [9.17, 15) is 9.59 Å². The van der Waals surface area contributed by atoms with Crippen LogP contribution in [0.4, 0.5) is 22.9 Å². The highest BCUT2D eigenvalue weighted by Crippen LogP contribution is 2.18. The largest absolute Gasteiger partial charge is 0.340 e. The SMILES string of the molecule is CC(=O)Nc1cccc(NC(=O)c2cc(Nc3cccc(C#N)c3)ncn2)c1. The fourth-order valence-corrected chi connectivity index (χ4v) is 2.44. The fourth-order valence-electron chi connectivity index (χ4n) is 2.44. The van der Waals surface area contributed by atoms with Crippen LogP contribution >= 0.6 is 0 Å². The van der Waals surface area contributed by atoms with Crippen LogP contribution in [0.5, 0.6) is 0 Å². The lowest BCUT2D eigenvalue weighted by Gasteiger charge is -2.09. The maximum absolute atomic E-state index is 12.5. The Labute approximate surface area is 161 Å². The molecule has 0 saturated heterocycles. The van der Waals surface area contributed by atoms with Crippen molar-refractivity contribution in [2.45, 2.75) is 6.92 Å². The Kier molecular flexibility index (Phi) is 5.58. The number of nitrogens with zero attached hydrogens (tertiary/aromatic N) is 3. The van der Waals surface area contributed by atoms with Gasteiger partial charge in [-0.2, -0.15) is 5.26 Å². The Morgan fingerprint density at radius 1 is 0.929 bits per heavy atom. The number of rotatable bonds is 5. The van der Waals surface area contributed by atoms with Crippen molar-refractivity contribution in [2.24, 2.45) is 0 Å². The average Bonchev–Trinajstić information content (AvgIpc) is 2.68. The van der Waals surface area contributed by atoms with E-state index in [4.69, 9.17) is 5.26 Å². The summed E-state index contributed by atoms with van der Waals surface area (Å²) in [6.45, 7) is 1.41. The first-order chi connectivity index (χ1) is 13.5. The average molecular weight is 372 g/mol. The van der Waals surface area contributed by atoms with Crippen LogP contribution in [0.2, 0.25) is 0 Å². The smallest absolute Gasteiger partial charge is 0.274 e. The van der Waals surface area contributed by atoms with Crippen LogP contribution in [0.15, 0.2) is 60.9 Å². The molecule has 3 aromatic rings. The van der Waals surface area contributed by atoms with Gasteiger partial charge in [-0.05, 0) is 36.4 Å². The molecule has 1 aromatic heterocycles. The summed E-state index contributed by atoms with van der Waals surface area (Å²) in [5, 5.41) is 17.4. The highest BCUT2D eigenvalue weighted by molar-refractivity contribution is 6.03. The van der Waals surface area contributed by atoms with Crippen LogP contribution in [-0.4, -0.2) is 21.8 Å². The van der Waals surface area contributed by atoms with Crippen molar-refractivity contribution in [3.63, 3.8) is 0 Å². The quantitative estimate of drug-likeness (QED) is 0.632. The molecule has 8 heteroatoms. The number of carbonyl (C=O) groups excluding carboxylic acids is 2. The Morgan fingerprint density at radius 2 is 1.64 bits per heavy atom. The predicted molar refractivity (Wildman–Crippen MR) is 105 cm³/mol. The number of benzene rings is 2. The van der Waals surface area contributed by atoms with E-state index in [0.717, 1.165) is 0 Å². The Balaban J connectivity index is 1.73. The molecule has 0 aliphatic rings. The van der Waals surface area contributed by atoms with E-state index in [1.165, 1.54) is 19.3 Å². The monoisotopic (exact) mass is 372 g/mol. The van der Waals surface area contributed by atoms with E-state index in [2.05, 4.69) is 32.0 Å². The minimum Gasteiger partial charge on any atom is -0.340 e. The molecule has 0 spiro atoms. The van der Waals surface area contributed by atoms with Gasteiger partial charge in [-0.1, -0.05) is 12.1 Å². The Morgan fingerprint density at radius 3 is 2.39 bits per heavy atom. The second kappa shape index (κ2) is 8.42. The van der Waals surface area contributed by atoms with Crippen molar-refractivity contribution in [3.8, 4) is 6.07 Å². The molecule has 1 heterocycles. The van der Waals surface area contributed by atoms with E-state index in [1.807, 2.05) is 0 Å². The van der Waals surface area contributed by atoms with Gasteiger partial charge in [-0.15, -0.1) is 0 Å². The first-order valence-corrected chi connectivity index (χ1v) is 8.32. The number of aromatic nitrogens is 2. The standard InChI is InChI=1S/C20H16N6O2/c1-13(27)24-16-6-3-7-17(9-16)26-20(28)18-10-19(23-12-22-18)25-15-5-2-4-14(8-15)11-21/h2-10,12H,1H3,(H,24,27)(H,26,28)(H,22,23,25). The zero-order chi connectivity index (χ0) is 19.9. The number of hydrogen-bond acceptors (Lipinski definition) is 6. The summed E-state index contributed by atoms with van der Waals surface area (Å²) in [6, 6.07) is 17.3. The van der Waals surface area contributed by atoms with Gasteiger partial charge in [-0.3, -0.25) is 9.59 Å². The second-order valence-corrected chi connectivity index (χ2v) is 5.82. The zero-order valence-electron chi connectivity index (χ0n) is 14.9. The molecular formula is C20H16N6O2. The molecule has 0 aliphatic carbocycles. The second-order valence-electron chi connectivity index (χ2n) is 5.82. The van der Waals surface area contributed by atoms with Gasteiger partial charge in [0.1, 0.15) is 17.8 Å². The molecule has 0 atom stereocenters. The van der Waals surface area contributed by atoms with Crippen molar-refractivity contribution in [1.29, 1.82) is 5.26 Å². The van der Waals surface area contributed by atoms with Crippen molar-refractivity contribution in [1.82, 2.24) is 9.97 Å². The van der Waals surface area contributed by atoms with Gasteiger partial charge in [0.25, 0.3) is 5.91 Å². The van der Waals surface area contributed by atoms with E-state index < -0.39 is 5.91 Å². The lowest BCUT2D eigenvalue weighted by Crippen LogP contribution is -2.14. The first-order valence-electron chi connectivity index (χ1n) is 8.32. The normalized spacial score (nSPS) is 9.86. The Bertz CT molecular complexity index is 1070. The van der Waals surface area contributed by atoms with Crippen LogP contribution in [-0.2, 0) is 4.79 Å². The molecule has 0 bridgehead atoms. The van der Waals surface area contributed by atoms with Gasteiger partial charge in [0, 0.05) is 30.1 Å². The molecule has 138 valence electrons. The van der Waals surface area contributed by atoms with Crippen LogP contribution < -0.4 is 16.0 Å². The maximum atomic E-state index is 12.5. The molecule has 0 unspecified atom stereocenters. The molecular weight excluding hydrogens is 356 g/mol. The minimum absolute atomic E-state index is 0.166. The fraction of sp³-hybridized carbons (Fsp3) is 0.0500. The van der Waals surface area contributed by atoms with E-state index in [-0.39, 0.29) is 11.6 Å². The molecule has 0 fully saturated rings. The number of hydrogen-bond donors (Lipinski definition) is 3. The third-order valence-corrected chi connectivity index (χ3v) is 3.60. The van der Waals surface area contributed by atoms with E-state index >= 15 is 0 Å². The zero-order valence-corrected chi connectivity index (χ0v) is 14.9. The number of carbonyl (C=O) groups is 2. The lowest BCUT2D eigenvalue weighted by molar-refractivity contribution is -0.114. The minimum atomic E-state index is -0.420. The molecule has 3 N–H and O–H groups in total. The number of amides is 2. The summed E-state index contributed by atoms with van der Waals surface area (Å²) in [6.07, 6.45) is 1.28. The topological polar surface area (TPSA) is 120 Å². The highest BCUT2D eigenvalue weighted by atomic mass is 16.2. The number of nitrogens with one attached hydrogen (secondary N) is 3. The molecule has 0 aliphatic heterocycles. The van der Waals surface area contributed by atoms with Crippen molar-refractivity contribution in [3.05, 3.63) is 72.2 Å². The van der Waals surface area contributed by atoms with Crippen molar-refractivity contribution < 1.29 is 9.59 Å². The third kappa shape index (κ3) is 4.89. The van der Waals surface area contributed by atoms with E-state index in [0.29, 0.717) is 28.4 Å². The van der Waals surface area contributed by atoms with E-state index in [1.54, 1.807) is 48.5 Å². The van der Waals surface area contributed by atoms with Crippen molar-refractivity contribution >= 4 is 34.7 Å². The van der Waals surface area contributed by atoms with Crippen LogP contribution in [0.3, 0.4) is 0 Å². The first kappa shape index (κ1) is 18.5. The van der Waals surface area contributed by atoms with Gasteiger partial charge in [0.15, 0.2) is 0 Å². The van der Waals surface area contributed by atoms with Gasteiger partial charge >= 0.3 is 0 Å². The predicted octanol–water partition coefficient (Wildman–Crippen LogP) is 3.30. The summed E-state index contributed by atoms with van der Waals surface area (Å²) in [5.74, 6) is -0.200.